The summed E-state index contributed by atoms with van der Waals surface area (Å²) in [5.41, 5.74) is -0.498. The summed E-state index contributed by atoms with van der Waals surface area (Å²) in [7, 11) is 1.59. The molecule has 0 saturated carbocycles. The summed E-state index contributed by atoms with van der Waals surface area (Å²) in [6.45, 7) is 4.69. The molecule has 0 radical (unpaired) electrons. The molecule has 4 heteroatoms. The standard InChI is InChI=1S/C9H19NO3/c1-9(2,4-6-11)8(12)10-5-7-13-3/h11H,4-7H2,1-3H3,(H,10,12). The summed E-state index contributed by atoms with van der Waals surface area (Å²) in [6.07, 6.45) is 0.478. The highest BCUT2D eigenvalue weighted by atomic mass is 16.5. The molecule has 0 aromatic rings. The summed E-state index contributed by atoms with van der Waals surface area (Å²) in [5.74, 6) is -0.0430. The molecule has 0 spiro atoms. The number of carbonyl (C=O) groups excluding carboxylic acids is 1. The Kier molecular flexibility index (Phi) is 5.66. The number of amides is 1. The SMILES string of the molecule is COCCNC(=O)C(C)(C)CCO. The van der Waals surface area contributed by atoms with E-state index < -0.39 is 5.41 Å². The van der Waals surface area contributed by atoms with E-state index in [1.54, 1.807) is 7.11 Å². The summed E-state index contributed by atoms with van der Waals surface area (Å²) < 4.78 is 4.80. The maximum Gasteiger partial charge on any atom is 0.225 e. The minimum atomic E-state index is -0.498. The van der Waals surface area contributed by atoms with Gasteiger partial charge in [0.05, 0.1) is 6.61 Å². The zero-order valence-electron chi connectivity index (χ0n) is 8.59. The van der Waals surface area contributed by atoms with Gasteiger partial charge in [-0.1, -0.05) is 13.8 Å². The third-order valence-electron chi connectivity index (χ3n) is 1.94. The Morgan fingerprint density at radius 2 is 2.15 bits per heavy atom. The molecule has 4 nitrogen and oxygen atoms in total. The van der Waals surface area contributed by atoms with Gasteiger partial charge in [-0.15, -0.1) is 0 Å². The highest BCUT2D eigenvalue weighted by Crippen LogP contribution is 2.19. The highest BCUT2D eigenvalue weighted by molar-refractivity contribution is 5.81. The Morgan fingerprint density at radius 1 is 1.54 bits per heavy atom. The molecule has 0 aromatic heterocycles. The van der Waals surface area contributed by atoms with Crippen LogP contribution in [0.15, 0.2) is 0 Å². The summed E-state index contributed by atoms with van der Waals surface area (Å²) >= 11 is 0. The van der Waals surface area contributed by atoms with Gasteiger partial charge in [-0.25, -0.2) is 0 Å². The zero-order chi connectivity index (χ0) is 10.3. The minimum absolute atomic E-state index is 0.0324. The van der Waals surface area contributed by atoms with Gasteiger partial charge in [0, 0.05) is 25.7 Å². The number of ether oxygens (including phenoxy) is 1. The number of hydrogen-bond acceptors (Lipinski definition) is 3. The maximum atomic E-state index is 11.5. The van der Waals surface area contributed by atoms with Crippen LogP contribution in [0.1, 0.15) is 20.3 Å². The lowest BCUT2D eigenvalue weighted by molar-refractivity contribution is -0.130. The number of hydrogen-bond donors (Lipinski definition) is 2. The van der Waals surface area contributed by atoms with Crippen molar-refractivity contribution in [3.8, 4) is 0 Å². The van der Waals surface area contributed by atoms with Crippen LogP contribution in [0.4, 0.5) is 0 Å². The largest absolute Gasteiger partial charge is 0.396 e. The van der Waals surface area contributed by atoms with Crippen molar-refractivity contribution in [1.29, 1.82) is 0 Å². The molecule has 0 aliphatic heterocycles. The van der Waals surface area contributed by atoms with Crippen molar-refractivity contribution in [3.63, 3.8) is 0 Å². The van der Waals surface area contributed by atoms with Crippen LogP contribution >= 0.6 is 0 Å². The molecule has 0 rings (SSSR count). The minimum Gasteiger partial charge on any atom is -0.396 e. The predicted octanol–water partition coefficient (Wildman–Crippen LogP) is 0.158. The number of aliphatic hydroxyl groups is 1. The molecule has 0 aliphatic carbocycles. The Bertz CT molecular complexity index is 157. The first-order chi connectivity index (χ1) is 6.04. The van der Waals surface area contributed by atoms with Crippen molar-refractivity contribution in [2.75, 3.05) is 26.9 Å². The van der Waals surface area contributed by atoms with E-state index in [4.69, 9.17) is 9.84 Å². The number of rotatable bonds is 6. The molecule has 2 N–H and O–H groups in total. The molecule has 0 saturated heterocycles. The van der Waals surface area contributed by atoms with Crippen molar-refractivity contribution >= 4 is 5.91 Å². The smallest absolute Gasteiger partial charge is 0.225 e. The van der Waals surface area contributed by atoms with Gasteiger partial charge < -0.3 is 15.2 Å². The van der Waals surface area contributed by atoms with Crippen LogP contribution < -0.4 is 5.32 Å². The fourth-order valence-electron chi connectivity index (χ4n) is 0.899. The quantitative estimate of drug-likeness (QED) is 0.585. The molecule has 0 unspecified atom stereocenters. The monoisotopic (exact) mass is 189 g/mol. The van der Waals surface area contributed by atoms with Crippen LogP contribution in [0.5, 0.6) is 0 Å². The fraction of sp³-hybridized carbons (Fsp3) is 0.889. The van der Waals surface area contributed by atoms with Gasteiger partial charge in [0.2, 0.25) is 5.91 Å². The average molecular weight is 189 g/mol. The third-order valence-corrected chi connectivity index (χ3v) is 1.94. The first-order valence-corrected chi connectivity index (χ1v) is 4.42. The van der Waals surface area contributed by atoms with Crippen LogP contribution in [-0.2, 0) is 9.53 Å². The number of aliphatic hydroxyl groups excluding tert-OH is 1. The molecular weight excluding hydrogens is 170 g/mol. The van der Waals surface area contributed by atoms with Crippen LogP contribution in [0.2, 0.25) is 0 Å². The van der Waals surface area contributed by atoms with E-state index in [0.29, 0.717) is 19.6 Å². The molecule has 0 atom stereocenters. The average Bonchev–Trinajstić information content (AvgIpc) is 2.04. The second-order valence-corrected chi connectivity index (χ2v) is 3.61. The Hall–Kier alpha value is -0.610. The number of methoxy groups -OCH3 is 1. The summed E-state index contributed by atoms with van der Waals surface area (Å²) in [6, 6.07) is 0. The topological polar surface area (TPSA) is 58.6 Å². The van der Waals surface area contributed by atoms with Crippen molar-refractivity contribution in [2.24, 2.45) is 5.41 Å². The van der Waals surface area contributed by atoms with E-state index in [1.165, 1.54) is 0 Å². The lowest BCUT2D eigenvalue weighted by Gasteiger charge is -2.22. The van der Waals surface area contributed by atoms with Gasteiger partial charge >= 0.3 is 0 Å². The third kappa shape index (κ3) is 4.85. The predicted molar refractivity (Wildman–Crippen MR) is 50.4 cm³/mol. The molecule has 0 heterocycles. The number of carbonyl (C=O) groups is 1. The fourth-order valence-corrected chi connectivity index (χ4v) is 0.899. The van der Waals surface area contributed by atoms with Crippen molar-refractivity contribution in [3.05, 3.63) is 0 Å². The first kappa shape index (κ1) is 12.4. The second-order valence-electron chi connectivity index (χ2n) is 3.61. The van der Waals surface area contributed by atoms with Gasteiger partial charge in [0.15, 0.2) is 0 Å². The van der Waals surface area contributed by atoms with E-state index >= 15 is 0 Å². The molecular formula is C9H19NO3. The zero-order valence-corrected chi connectivity index (χ0v) is 8.59. The van der Waals surface area contributed by atoms with E-state index in [2.05, 4.69) is 5.32 Å². The molecule has 1 amide bonds. The lowest BCUT2D eigenvalue weighted by atomic mass is 9.89. The Labute approximate surface area is 79.3 Å². The number of nitrogens with one attached hydrogen (secondary N) is 1. The van der Waals surface area contributed by atoms with Crippen molar-refractivity contribution in [2.45, 2.75) is 20.3 Å². The van der Waals surface area contributed by atoms with E-state index in [0.717, 1.165) is 0 Å². The van der Waals surface area contributed by atoms with Gasteiger partial charge in [0.1, 0.15) is 0 Å². The molecule has 78 valence electrons. The second kappa shape index (κ2) is 5.94. The van der Waals surface area contributed by atoms with Crippen LogP contribution in [0, 0.1) is 5.41 Å². The van der Waals surface area contributed by atoms with Crippen LogP contribution in [-0.4, -0.2) is 37.9 Å². The van der Waals surface area contributed by atoms with Crippen LogP contribution in [0.3, 0.4) is 0 Å². The summed E-state index contributed by atoms with van der Waals surface area (Å²) in [4.78, 5) is 11.5. The van der Waals surface area contributed by atoms with Gasteiger partial charge in [-0.05, 0) is 6.42 Å². The van der Waals surface area contributed by atoms with Gasteiger partial charge in [0.25, 0.3) is 0 Å². The molecule has 0 bridgehead atoms. The maximum absolute atomic E-state index is 11.5. The van der Waals surface area contributed by atoms with E-state index in [-0.39, 0.29) is 12.5 Å². The van der Waals surface area contributed by atoms with Crippen molar-refractivity contribution in [1.82, 2.24) is 5.32 Å². The van der Waals surface area contributed by atoms with Crippen LogP contribution in [0.25, 0.3) is 0 Å². The molecule has 0 aromatic carbocycles. The van der Waals surface area contributed by atoms with Gasteiger partial charge in [-0.2, -0.15) is 0 Å². The molecule has 0 aliphatic rings. The summed E-state index contributed by atoms with van der Waals surface area (Å²) in [5, 5.41) is 11.5. The lowest BCUT2D eigenvalue weighted by Crippen LogP contribution is -2.39. The van der Waals surface area contributed by atoms with Gasteiger partial charge in [-0.3, -0.25) is 4.79 Å². The van der Waals surface area contributed by atoms with E-state index in [9.17, 15) is 4.79 Å². The van der Waals surface area contributed by atoms with Crippen molar-refractivity contribution < 1.29 is 14.6 Å². The first-order valence-electron chi connectivity index (χ1n) is 4.42. The van der Waals surface area contributed by atoms with E-state index in [1.807, 2.05) is 13.8 Å². The Morgan fingerprint density at radius 3 is 2.62 bits per heavy atom. The molecule has 13 heavy (non-hydrogen) atoms. The normalized spacial score (nSPS) is 11.4. The molecule has 0 fully saturated rings. The highest BCUT2D eigenvalue weighted by Gasteiger charge is 2.26. The Balaban J connectivity index is 3.80.